The van der Waals surface area contributed by atoms with E-state index < -0.39 is 0 Å². The number of fused-ring (bicyclic) bond motifs is 3. The van der Waals surface area contributed by atoms with E-state index in [9.17, 15) is 4.79 Å². The van der Waals surface area contributed by atoms with Gasteiger partial charge in [0.25, 0.3) is 0 Å². The Morgan fingerprint density at radius 2 is 1.87 bits per heavy atom. The van der Waals surface area contributed by atoms with Crippen molar-refractivity contribution in [1.29, 1.82) is 0 Å². The van der Waals surface area contributed by atoms with E-state index in [4.69, 9.17) is 5.73 Å². The fourth-order valence-corrected chi connectivity index (χ4v) is 3.61. The van der Waals surface area contributed by atoms with Crippen LogP contribution >= 0.6 is 0 Å². The number of H-pyrrole nitrogens is 1. The average molecular weight is 305 g/mol. The van der Waals surface area contributed by atoms with Crippen LogP contribution in [0.4, 0.5) is 0 Å². The highest BCUT2D eigenvalue weighted by molar-refractivity contribution is 5.86. The van der Waals surface area contributed by atoms with Crippen LogP contribution in [0.3, 0.4) is 0 Å². The third-order valence-corrected chi connectivity index (χ3v) is 4.64. The van der Waals surface area contributed by atoms with Gasteiger partial charge in [-0.15, -0.1) is 0 Å². The van der Waals surface area contributed by atoms with Crippen molar-refractivity contribution in [1.82, 2.24) is 9.88 Å². The van der Waals surface area contributed by atoms with E-state index in [0.29, 0.717) is 6.54 Å². The van der Waals surface area contributed by atoms with Gasteiger partial charge in [0, 0.05) is 23.1 Å². The summed E-state index contributed by atoms with van der Waals surface area (Å²) in [4.78, 5) is 17.8. The molecule has 0 bridgehead atoms. The molecular formula is C19H19N3O. The molecule has 23 heavy (non-hydrogen) atoms. The molecule has 1 unspecified atom stereocenters. The number of aromatic nitrogens is 1. The van der Waals surface area contributed by atoms with Gasteiger partial charge in [-0.25, -0.2) is 0 Å². The quantitative estimate of drug-likeness (QED) is 0.764. The lowest BCUT2D eigenvalue weighted by Gasteiger charge is -2.36. The number of para-hydroxylation sites is 1. The zero-order valence-corrected chi connectivity index (χ0v) is 12.8. The van der Waals surface area contributed by atoms with E-state index in [1.807, 2.05) is 29.2 Å². The Hall–Kier alpha value is -2.59. The number of nitrogens with one attached hydrogen (secondary N) is 1. The first-order valence-electron chi connectivity index (χ1n) is 7.93. The summed E-state index contributed by atoms with van der Waals surface area (Å²) in [6.07, 6.45) is 0.856. The minimum atomic E-state index is -0.0941. The van der Waals surface area contributed by atoms with E-state index in [2.05, 4.69) is 35.3 Å². The van der Waals surface area contributed by atoms with Crippen molar-refractivity contribution < 1.29 is 4.79 Å². The highest BCUT2D eigenvalue weighted by atomic mass is 16.2. The maximum atomic E-state index is 12.4. The van der Waals surface area contributed by atoms with Crippen molar-refractivity contribution in [2.45, 2.75) is 12.5 Å². The topological polar surface area (TPSA) is 62.1 Å². The molecule has 3 aromatic rings. The fourth-order valence-electron chi connectivity index (χ4n) is 3.61. The maximum absolute atomic E-state index is 12.4. The Kier molecular flexibility index (Phi) is 3.39. The molecule has 3 N–H and O–H groups in total. The predicted octanol–water partition coefficient (Wildman–Crippen LogP) is 2.60. The molecule has 4 heteroatoms. The van der Waals surface area contributed by atoms with Crippen LogP contribution in [0.2, 0.25) is 0 Å². The van der Waals surface area contributed by atoms with E-state index in [-0.39, 0.29) is 18.5 Å². The molecule has 1 aliphatic heterocycles. The molecule has 2 aromatic carbocycles. The molecule has 1 aliphatic rings. The Bertz CT molecular complexity index is 853. The molecule has 0 radical (unpaired) electrons. The molecule has 4 nitrogen and oxygen atoms in total. The van der Waals surface area contributed by atoms with Crippen molar-refractivity contribution >= 4 is 16.8 Å². The van der Waals surface area contributed by atoms with Gasteiger partial charge in [0.2, 0.25) is 5.91 Å². The summed E-state index contributed by atoms with van der Waals surface area (Å²) in [6.45, 7) is 0.739. The molecule has 1 amide bonds. The van der Waals surface area contributed by atoms with Crippen LogP contribution in [0, 0.1) is 0 Å². The van der Waals surface area contributed by atoms with Crippen LogP contribution in [0.5, 0.6) is 0 Å². The molecule has 0 spiro atoms. The summed E-state index contributed by atoms with van der Waals surface area (Å²) in [5.74, 6) is -0.0110. The van der Waals surface area contributed by atoms with Crippen molar-refractivity contribution in [2.24, 2.45) is 5.73 Å². The molecule has 4 rings (SSSR count). The second-order valence-corrected chi connectivity index (χ2v) is 5.92. The molecule has 116 valence electrons. The highest BCUT2D eigenvalue weighted by Crippen LogP contribution is 2.38. The monoisotopic (exact) mass is 305 g/mol. The van der Waals surface area contributed by atoms with Crippen LogP contribution in [0.15, 0.2) is 54.6 Å². The second kappa shape index (κ2) is 5.56. The number of hydrogen-bond acceptors (Lipinski definition) is 2. The predicted molar refractivity (Wildman–Crippen MR) is 91.1 cm³/mol. The Morgan fingerprint density at radius 1 is 1.13 bits per heavy atom. The lowest BCUT2D eigenvalue weighted by atomic mass is 9.92. The third-order valence-electron chi connectivity index (χ3n) is 4.64. The van der Waals surface area contributed by atoms with Gasteiger partial charge < -0.3 is 15.6 Å². The first-order chi connectivity index (χ1) is 11.3. The van der Waals surface area contributed by atoms with Crippen LogP contribution < -0.4 is 5.73 Å². The smallest absolute Gasteiger partial charge is 0.237 e. The van der Waals surface area contributed by atoms with Crippen molar-refractivity contribution in [3.63, 3.8) is 0 Å². The number of aromatic amines is 1. The van der Waals surface area contributed by atoms with E-state index in [1.54, 1.807) is 0 Å². The van der Waals surface area contributed by atoms with E-state index in [0.717, 1.165) is 23.2 Å². The van der Waals surface area contributed by atoms with Crippen LogP contribution in [0.1, 0.15) is 22.9 Å². The van der Waals surface area contributed by atoms with Crippen molar-refractivity contribution in [3.05, 3.63) is 71.4 Å². The summed E-state index contributed by atoms with van der Waals surface area (Å²) in [5, 5.41) is 1.25. The van der Waals surface area contributed by atoms with Gasteiger partial charge in [-0.3, -0.25) is 4.79 Å². The number of benzene rings is 2. The second-order valence-electron chi connectivity index (χ2n) is 5.92. The number of rotatable bonds is 2. The maximum Gasteiger partial charge on any atom is 0.237 e. The summed E-state index contributed by atoms with van der Waals surface area (Å²) in [7, 11) is 0. The first-order valence-corrected chi connectivity index (χ1v) is 7.93. The first kappa shape index (κ1) is 14.0. The molecule has 2 heterocycles. The van der Waals surface area contributed by atoms with E-state index in [1.165, 1.54) is 10.9 Å². The lowest BCUT2D eigenvalue weighted by molar-refractivity contribution is -0.131. The Balaban J connectivity index is 1.92. The Labute approximate surface area is 134 Å². The normalized spacial score (nSPS) is 17.3. The number of hydrogen-bond donors (Lipinski definition) is 2. The largest absolute Gasteiger partial charge is 0.356 e. The molecular weight excluding hydrogens is 286 g/mol. The van der Waals surface area contributed by atoms with Gasteiger partial charge in [0.05, 0.1) is 12.6 Å². The highest BCUT2D eigenvalue weighted by Gasteiger charge is 2.33. The van der Waals surface area contributed by atoms with E-state index >= 15 is 0 Å². The summed E-state index contributed by atoms with van der Waals surface area (Å²) in [5.41, 5.74) is 10.3. The summed E-state index contributed by atoms with van der Waals surface area (Å²) >= 11 is 0. The van der Waals surface area contributed by atoms with Crippen LogP contribution in [-0.2, 0) is 11.2 Å². The molecule has 0 saturated carbocycles. The molecule has 1 aromatic heterocycles. The number of carbonyl (C=O) groups excluding carboxylic acids is 1. The third kappa shape index (κ3) is 2.23. The standard InChI is InChI=1S/C19H19N3O/c20-12-17(23)22-11-10-15-14-8-4-5-9-16(14)21-18(15)19(22)13-6-2-1-3-7-13/h1-9,19,21H,10-12,20H2. The molecule has 1 atom stereocenters. The van der Waals surface area contributed by atoms with Crippen molar-refractivity contribution in [3.8, 4) is 0 Å². The fraction of sp³-hybridized carbons (Fsp3) is 0.211. The van der Waals surface area contributed by atoms with Gasteiger partial charge in [-0.2, -0.15) is 0 Å². The van der Waals surface area contributed by atoms with Gasteiger partial charge >= 0.3 is 0 Å². The molecule has 0 aliphatic carbocycles. The Morgan fingerprint density at radius 3 is 2.65 bits per heavy atom. The summed E-state index contributed by atoms with van der Waals surface area (Å²) < 4.78 is 0. The zero-order chi connectivity index (χ0) is 15.8. The lowest BCUT2D eigenvalue weighted by Crippen LogP contribution is -2.43. The minimum absolute atomic E-state index is 0.0110. The number of nitrogens with two attached hydrogens (primary N) is 1. The van der Waals surface area contributed by atoms with Crippen LogP contribution in [-0.4, -0.2) is 28.9 Å². The van der Waals surface area contributed by atoms with Gasteiger partial charge in [-0.1, -0.05) is 48.5 Å². The van der Waals surface area contributed by atoms with Crippen LogP contribution in [0.25, 0.3) is 10.9 Å². The molecule has 0 saturated heterocycles. The van der Waals surface area contributed by atoms with Gasteiger partial charge in [0.15, 0.2) is 0 Å². The SMILES string of the molecule is NCC(=O)N1CCc2c([nH]c3ccccc23)C1c1ccccc1. The zero-order valence-electron chi connectivity index (χ0n) is 12.8. The average Bonchev–Trinajstić information content (AvgIpc) is 2.99. The number of nitrogens with zero attached hydrogens (tertiary/aromatic N) is 1. The summed E-state index contributed by atoms with van der Waals surface area (Å²) in [6, 6.07) is 18.4. The number of amides is 1. The molecule has 0 fully saturated rings. The van der Waals surface area contributed by atoms with Gasteiger partial charge in [0.1, 0.15) is 0 Å². The minimum Gasteiger partial charge on any atom is -0.356 e. The van der Waals surface area contributed by atoms with Gasteiger partial charge in [-0.05, 0) is 23.6 Å². The number of carbonyl (C=O) groups is 1. The van der Waals surface area contributed by atoms with Crippen molar-refractivity contribution in [2.75, 3.05) is 13.1 Å².